The van der Waals surface area contributed by atoms with Crippen molar-refractivity contribution in [2.24, 2.45) is 23.2 Å². The predicted molar refractivity (Wildman–Crippen MR) is 113 cm³/mol. The highest BCUT2D eigenvalue weighted by molar-refractivity contribution is 5.84. The third-order valence-corrected chi connectivity index (χ3v) is 8.26. The van der Waals surface area contributed by atoms with Gasteiger partial charge >= 0.3 is 0 Å². The number of likely N-dealkylation sites (tertiary alicyclic amines) is 1. The Morgan fingerprint density at radius 1 is 0.931 bits per heavy atom. The highest BCUT2D eigenvalue weighted by Crippen LogP contribution is 2.60. The van der Waals surface area contributed by atoms with E-state index >= 15 is 0 Å². The minimum Gasteiger partial charge on any atom is -0.355 e. The highest BCUT2D eigenvalue weighted by atomic mass is 16.2. The van der Waals surface area contributed by atoms with Crippen LogP contribution in [-0.4, -0.2) is 36.3 Å². The van der Waals surface area contributed by atoms with Crippen LogP contribution in [0.15, 0.2) is 30.3 Å². The lowest BCUT2D eigenvalue weighted by molar-refractivity contribution is -0.146. The maximum absolute atomic E-state index is 13.0. The van der Waals surface area contributed by atoms with E-state index in [2.05, 4.69) is 35.6 Å². The second-order valence-electron chi connectivity index (χ2n) is 10.3. The normalized spacial score (nSPS) is 33.7. The zero-order chi connectivity index (χ0) is 19.8. The van der Waals surface area contributed by atoms with Crippen molar-refractivity contribution >= 4 is 11.8 Å². The summed E-state index contributed by atoms with van der Waals surface area (Å²) in [7, 11) is 0. The minimum atomic E-state index is -0.105. The predicted octanol–water partition coefficient (Wildman–Crippen LogP) is 4.12. The number of rotatable bonds is 5. The Bertz CT molecular complexity index is 716. The lowest BCUT2D eigenvalue weighted by Gasteiger charge is -2.55. The van der Waals surface area contributed by atoms with Gasteiger partial charge in [-0.05, 0) is 80.6 Å². The summed E-state index contributed by atoms with van der Waals surface area (Å²) in [6.45, 7) is 2.17. The second kappa shape index (κ2) is 7.77. The summed E-state index contributed by atoms with van der Waals surface area (Å²) in [6, 6.07) is 10.6. The molecule has 156 valence electrons. The van der Waals surface area contributed by atoms with Gasteiger partial charge in [-0.25, -0.2) is 0 Å². The summed E-state index contributed by atoms with van der Waals surface area (Å²) >= 11 is 0. The number of carbonyl (C=O) groups is 2. The molecule has 1 N–H and O–H groups in total. The molecule has 2 amide bonds. The number of nitrogens with zero attached hydrogens (tertiary/aromatic N) is 1. The first-order valence-electron chi connectivity index (χ1n) is 11.7. The van der Waals surface area contributed by atoms with Crippen LogP contribution in [0.25, 0.3) is 0 Å². The largest absolute Gasteiger partial charge is 0.355 e. The molecule has 0 spiro atoms. The molecule has 0 radical (unpaired) electrons. The van der Waals surface area contributed by atoms with E-state index < -0.39 is 0 Å². The van der Waals surface area contributed by atoms with E-state index in [1.807, 2.05) is 4.90 Å². The summed E-state index contributed by atoms with van der Waals surface area (Å²) in [5.41, 5.74) is 1.29. The van der Waals surface area contributed by atoms with Crippen LogP contribution in [0.4, 0.5) is 0 Å². The van der Waals surface area contributed by atoms with E-state index in [1.165, 1.54) is 24.8 Å². The Morgan fingerprint density at radius 3 is 2.10 bits per heavy atom. The first-order valence-corrected chi connectivity index (χ1v) is 11.7. The van der Waals surface area contributed by atoms with E-state index in [0.717, 1.165) is 62.9 Å². The molecule has 1 saturated heterocycles. The fraction of sp³-hybridized carbons (Fsp3) is 0.680. The third kappa shape index (κ3) is 3.83. The maximum atomic E-state index is 13.0. The first-order chi connectivity index (χ1) is 14.1. The molecule has 4 aliphatic carbocycles. The Kier molecular flexibility index (Phi) is 5.13. The van der Waals surface area contributed by atoms with Crippen LogP contribution in [-0.2, 0) is 9.59 Å². The number of hydrogen-bond acceptors (Lipinski definition) is 2. The van der Waals surface area contributed by atoms with E-state index in [-0.39, 0.29) is 17.2 Å². The summed E-state index contributed by atoms with van der Waals surface area (Å²) < 4.78 is 0. The monoisotopic (exact) mass is 394 g/mol. The standard InChI is InChI=1S/C25H34N2O2/c28-23(27-10-7-22(8-11-27)21-4-2-1-3-5-21)6-9-26-24(29)25-15-18-12-19(16-25)14-20(13-18)17-25/h1-5,18-20,22H,6-17H2,(H,26,29). The molecular weight excluding hydrogens is 360 g/mol. The van der Waals surface area contributed by atoms with Crippen LogP contribution < -0.4 is 5.32 Å². The number of nitrogens with one attached hydrogen (secondary N) is 1. The van der Waals surface area contributed by atoms with Crippen LogP contribution in [0.5, 0.6) is 0 Å². The van der Waals surface area contributed by atoms with Gasteiger partial charge in [0.25, 0.3) is 0 Å². The molecule has 4 nitrogen and oxygen atoms in total. The van der Waals surface area contributed by atoms with Crippen molar-refractivity contribution in [1.82, 2.24) is 10.2 Å². The number of carbonyl (C=O) groups excluding carboxylic acids is 2. The molecule has 4 bridgehead atoms. The van der Waals surface area contributed by atoms with Gasteiger partial charge in [0.05, 0.1) is 0 Å². The zero-order valence-corrected chi connectivity index (χ0v) is 17.4. The third-order valence-electron chi connectivity index (χ3n) is 8.26. The molecule has 29 heavy (non-hydrogen) atoms. The van der Waals surface area contributed by atoms with E-state index in [4.69, 9.17) is 0 Å². The zero-order valence-electron chi connectivity index (χ0n) is 17.4. The summed E-state index contributed by atoms with van der Waals surface area (Å²) in [6.07, 6.45) is 9.83. The van der Waals surface area contributed by atoms with Gasteiger partial charge < -0.3 is 10.2 Å². The van der Waals surface area contributed by atoms with Gasteiger partial charge in [-0.15, -0.1) is 0 Å². The summed E-state index contributed by atoms with van der Waals surface area (Å²) in [5, 5.41) is 3.16. The van der Waals surface area contributed by atoms with Crippen molar-refractivity contribution < 1.29 is 9.59 Å². The molecule has 1 heterocycles. The van der Waals surface area contributed by atoms with Crippen LogP contribution in [0.1, 0.15) is 69.3 Å². The van der Waals surface area contributed by atoms with Crippen LogP contribution in [0.2, 0.25) is 0 Å². The van der Waals surface area contributed by atoms with Gasteiger partial charge in [0.1, 0.15) is 0 Å². The van der Waals surface area contributed by atoms with Gasteiger partial charge in [0, 0.05) is 31.5 Å². The number of amides is 2. The van der Waals surface area contributed by atoms with Crippen LogP contribution >= 0.6 is 0 Å². The van der Waals surface area contributed by atoms with Crippen molar-refractivity contribution in [3.05, 3.63) is 35.9 Å². The van der Waals surface area contributed by atoms with E-state index in [9.17, 15) is 9.59 Å². The number of benzene rings is 1. The molecule has 5 aliphatic rings. The van der Waals surface area contributed by atoms with Crippen LogP contribution in [0, 0.1) is 23.2 Å². The highest BCUT2D eigenvalue weighted by Gasteiger charge is 2.54. The molecule has 0 aromatic heterocycles. The maximum Gasteiger partial charge on any atom is 0.226 e. The van der Waals surface area contributed by atoms with E-state index in [1.54, 1.807) is 0 Å². The molecule has 6 rings (SSSR count). The molecule has 0 unspecified atom stereocenters. The van der Waals surface area contributed by atoms with Crippen LogP contribution in [0.3, 0.4) is 0 Å². The molecule has 5 fully saturated rings. The van der Waals surface area contributed by atoms with Gasteiger partial charge in [-0.3, -0.25) is 9.59 Å². The van der Waals surface area contributed by atoms with Crippen molar-refractivity contribution in [3.63, 3.8) is 0 Å². The Hall–Kier alpha value is -1.84. The molecule has 4 saturated carbocycles. The Morgan fingerprint density at radius 2 is 1.52 bits per heavy atom. The molecule has 4 heteroatoms. The molecule has 0 atom stereocenters. The molecule has 1 aliphatic heterocycles. The Balaban J connectivity index is 1.08. The topological polar surface area (TPSA) is 49.4 Å². The smallest absolute Gasteiger partial charge is 0.226 e. The minimum absolute atomic E-state index is 0.105. The fourth-order valence-electron chi connectivity index (χ4n) is 7.20. The average Bonchev–Trinajstić information content (AvgIpc) is 2.73. The van der Waals surface area contributed by atoms with E-state index in [0.29, 0.717) is 18.9 Å². The molecule has 1 aromatic carbocycles. The molecule has 1 aromatic rings. The van der Waals surface area contributed by atoms with Crippen molar-refractivity contribution in [2.75, 3.05) is 19.6 Å². The average molecular weight is 395 g/mol. The quantitative estimate of drug-likeness (QED) is 0.817. The van der Waals surface area contributed by atoms with Gasteiger partial charge in [-0.1, -0.05) is 30.3 Å². The SMILES string of the molecule is O=C(CCNC(=O)C12CC3CC(CC(C3)C1)C2)N1CCC(c2ccccc2)CC1. The molecular formula is C25H34N2O2. The number of piperidine rings is 1. The van der Waals surface area contributed by atoms with Crippen molar-refractivity contribution in [3.8, 4) is 0 Å². The summed E-state index contributed by atoms with van der Waals surface area (Å²) in [5.74, 6) is 3.34. The fourth-order valence-corrected chi connectivity index (χ4v) is 7.20. The van der Waals surface area contributed by atoms with Gasteiger partial charge in [-0.2, -0.15) is 0 Å². The second-order valence-corrected chi connectivity index (χ2v) is 10.3. The Labute approximate surface area is 174 Å². The number of hydrogen-bond donors (Lipinski definition) is 1. The first kappa shape index (κ1) is 19.1. The van der Waals surface area contributed by atoms with Gasteiger partial charge in [0.15, 0.2) is 0 Å². The van der Waals surface area contributed by atoms with Gasteiger partial charge in [0.2, 0.25) is 11.8 Å². The lowest BCUT2D eigenvalue weighted by atomic mass is 9.49. The lowest BCUT2D eigenvalue weighted by Crippen LogP contribution is -2.53. The van der Waals surface area contributed by atoms with Crippen molar-refractivity contribution in [1.29, 1.82) is 0 Å². The van der Waals surface area contributed by atoms with Crippen molar-refractivity contribution in [2.45, 2.75) is 63.7 Å². The summed E-state index contributed by atoms with van der Waals surface area (Å²) in [4.78, 5) is 27.7.